The first-order chi connectivity index (χ1) is 11.5. The van der Waals surface area contributed by atoms with Crippen LogP contribution in [-0.4, -0.2) is 34.0 Å². The summed E-state index contributed by atoms with van der Waals surface area (Å²) in [5.41, 5.74) is 1.31. The fourth-order valence-electron chi connectivity index (χ4n) is 3.70. The first kappa shape index (κ1) is 17.0. The summed E-state index contributed by atoms with van der Waals surface area (Å²) in [6, 6.07) is 7.98. The van der Waals surface area contributed by atoms with Gasteiger partial charge < -0.3 is 15.3 Å². The van der Waals surface area contributed by atoms with Gasteiger partial charge in [-0.3, -0.25) is 9.59 Å². The molecule has 0 spiro atoms. The molecule has 3 rings (SSSR count). The molecule has 1 aliphatic carbocycles. The van der Waals surface area contributed by atoms with Gasteiger partial charge in [0.05, 0.1) is 12.0 Å². The highest BCUT2D eigenvalue weighted by atomic mass is 16.3. The first-order valence-electron chi connectivity index (χ1n) is 8.89. The molecular weight excluding hydrogens is 304 g/mol. The minimum atomic E-state index is -0.804. The Labute approximate surface area is 143 Å². The van der Waals surface area contributed by atoms with E-state index in [9.17, 15) is 14.7 Å². The number of likely N-dealkylation sites (tertiary alicyclic amines) is 1. The van der Waals surface area contributed by atoms with Crippen molar-refractivity contribution in [3.63, 3.8) is 0 Å². The third-order valence-corrected chi connectivity index (χ3v) is 5.05. The summed E-state index contributed by atoms with van der Waals surface area (Å²) >= 11 is 0. The molecule has 1 saturated heterocycles. The van der Waals surface area contributed by atoms with Crippen LogP contribution in [-0.2, 0) is 22.7 Å². The molecule has 1 heterocycles. The van der Waals surface area contributed by atoms with Crippen molar-refractivity contribution in [3.05, 3.63) is 35.4 Å². The second-order valence-corrected chi connectivity index (χ2v) is 7.12. The number of aliphatic hydroxyl groups is 1. The lowest BCUT2D eigenvalue weighted by atomic mass is 9.97. The molecule has 130 valence electrons. The molecule has 1 aromatic carbocycles. The van der Waals surface area contributed by atoms with Gasteiger partial charge in [-0.1, -0.05) is 37.1 Å². The summed E-state index contributed by atoms with van der Waals surface area (Å²) < 4.78 is 0. The van der Waals surface area contributed by atoms with Gasteiger partial charge >= 0.3 is 0 Å². The van der Waals surface area contributed by atoms with Crippen LogP contribution in [0.4, 0.5) is 0 Å². The molecule has 0 bridgehead atoms. The topological polar surface area (TPSA) is 69.6 Å². The summed E-state index contributed by atoms with van der Waals surface area (Å²) in [4.78, 5) is 25.7. The monoisotopic (exact) mass is 330 g/mol. The van der Waals surface area contributed by atoms with Gasteiger partial charge in [-0.2, -0.15) is 0 Å². The van der Waals surface area contributed by atoms with Crippen LogP contribution in [0.25, 0.3) is 0 Å². The van der Waals surface area contributed by atoms with E-state index in [1.807, 2.05) is 29.2 Å². The lowest BCUT2D eigenvalue weighted by molar-refractivity contribution is -0.128. The molecule has 2 N–H and O–H groups in total. The Morgan fingerprint density at radius 3 is 2.67 bits per heavy atom. The fourth-order valence-corrected chi connectivity index (χ4v) is 3.70. The van der Waals surface area contributed by atoms with E-state index < -0.39 is 5.60 Å². The SMILES string of the molecule is O=C(CC1(O)CCCC1)NCc1cccc(CN2CCCC2=O)c1. The Bertz CT molecular complexity index is 608. The van der Waals surface area contributed by atoms with Crippen LogP contribution in [0.1, 0.15) is 56.1 Å². The van der Waals surface area contributed by atoms with Gasteiger partial charge in [-0.05, 0) is 30.4 Å². The predicted molar refractivity (Wildman–Crippen MR) is 91.0 cm³/mol. The average molecular weight is 330 g/mol. The third-order valence-electron chi connectivity index (χ3n) is 5.05. The molecule has 2 amide bonds. The first-order valence-corrected chi connectivity index (χ1v) is 8.89. The molecule has 0 radical (unpaired) electrons. The maximum atomic E-state index is 12.1. The quantitative estimate of drug-likeness (QED) is 0.839. The Morgan fingerprint density at radius 2 is 1.96 bits per heavy atom. The van der Waals surface area contributed by atoms with Crippen molar-refractivity contribution in [3.8, 4) is 0 Å². The molecule has 1 saturated carbocycles. The highest BCUT2D eigenvalue weighted by Crippen LogP contribution is 2.32. The average Bonchev–Trinajstić information content (AvgIpc) is 3.15. The van der Waals surface area contributed by atoms with Gasteiger partial charge in [0, 0.05) is 26.1 Å². The van der Waals surface area contributed by atoms with Crippen LogP contribution in [0.2, 0.25) is 0 Å². The van der Waals surface area contributed by atoms with Crippen LogP contribution in [0, 0.1) is 0 Å². The van der Waals surface area contributed by atoms with Crippen molar-refractivity contribution in [2.45, 2.75) is 63.6 Å². The van der Waals surface area contributed by atoms with E-state index in [-0.39, 0.29) is 18.2 Å². The summed E-state index contributed by atoms with van der Waals surface area (Å²) in [5, 5.41) is 13.2. The number of carbonyl (C=O) groups excluding carboxylic acids is 2. The van der Waals surface area contributed by atoms with Gasteiger partial charge in [0.25, 0.3) is 0 Å². The number of nitrogens with one attached hydrogen (secondary N) is 1. The van der Waals surface area contributed by atoms with Crippen molar-refractivity contribution in [1.29, 1.82) is 0 Å². The lowest BCUT2D eigenvalue weighted by Crippen LogP contribution is -2.34. The molecular formula is C19H26N2O3. The van der Waals surface area contributed by atoms with Gasteiger partial charge in [0.15, 0.2) is 0 Å². The van der Waals surface area contributed by atoms with E-state index in [1.165, 1.54) is 0 Å². The Balaban J connectivity index is 1.51. The van der Waals surface area contributed by atoms with Gasteiger partial charge in [-0.15, -0.1) is 0 Å². The number of benzene rings is 1. The number of amides is 2. The standard InChI is InChI=1S/C19H26N2O3/c22-17(12-19(24)8-1-2-9-19)20-13-15-5-3-6-16(11-15)14-21-10-4-7-18(21)23/h3,5-6,11,24H,1-2,4,7-10,12-14H2,(H,20,22). The summed E-state index contributed by atoms with van der Waals surface area (Å²) in [5.74, 6) is 0.123. The molecule has 1 aromatic rings. The number of nitrogens with zero attached hydrogens (tertiary/aromatic N) is 1. The molecule has 0 aromatic heterocycles. The fraction of sp³-hybridized carbons (Fsp3) is 0.579. The van der Waals surface area contributed by atoms with E-state index in [4.69, 9.17) is 0 Å². The zero-order valence-corrected chi connectivity index (χ0v) is 14.1. The van der Waals surface area contributed by atoms with E-state index in [1.54, 1.807) is 0 Å². The Hall–Kier alpha value is -1.88. The maximum absolute atomic E-state index is 12.1. The van der Waals surface area contributed by atoms with Crippen molar-refractivity contribution in [2.24, 2.45) is 0 Å². The smallest absolute Gasteiger partial charge is 0.223 e. The van der Waals surface area contributed by atoms with Crippen molar-refractivity contribution in [1.82, 2.24) is 10.2 Å². The van der Waals surface area contributed by atoms with E-state index in [0.717, 1.165) is 49.8 Å². The second kappa shape index (κ2) is 7.34. The van der Waals surface area contributed by atoms with Gasteiger partial charge in [0.2, 0.25) is 11.8 Å². The Morgan fingerprint density at radius 1 is 1.21 bits per heavy atom. The van der Waals surface area contributed by atoms with Crippen LogP contribution >= 0.6 is 0 Å². The zero-order chi connectivity index (χ0) is 17.0. The minimum absolute atomic E-state index is 0.0977. The highest BCUT2D eigenvalue weighted by molar-refractivity contribution is 5.78. The van der Waals surface area contributed by atoms with Gasteiger partial charge in [-0.25, -0.2) is 0 Å². The third kappa shape index (κ3) is 4.35. The van der Waals surface area contributed by atoms with Crippen molar-refractivity contribution >= 4 is 11.8 Å². The van der Waals surface area contributed by atoms with Crippen molar-refractivity contribution in [2.75, 3.05) is 6.54 Å². The normalized spacial score (nSPS) is 19.7. The van der Waals surface area contributed by atoms with E-state index in [2.05, 4.69) is 5.32 Å². The molecule has 1 aliphatic heterocycles. The van der Waals surface area contributed by atoms with Gasteiger partial charge in [0.1, 0.15) is 0 Å². The zero-order valence-electron chi connectivity index (χ0n) is 14.1. The number of hydrogen-bond acceptors (Lipinski definition) is 3. The van der Waals surface area contributed by atoms with Crippen LogP contribution in [0.15, 0.2) is 24.3 Å². The molecule has 5 heteroatoms. The summed E-state index contributed by atoms with van der Waals surface area (Å²) in [7, 11) is 0. The van der Waals surface area contributed by atoms with E-state index >= 15 is 0 Å². The molecule has 5 nitrogen and oxygen atoms in total. The number of hydrogen-bond donors (Lipinski definition) is 2. The number of rotatable bonds is 6. The molecule has 2 fully saturated rings. The minimum Gasteiger partial charge on any atom is -0.389 e. The maximum Gasteiger partial charge on any atom is 0.223 e. The van der Waals surface area contributed by atoms with Crippen LogP contribution < -0.4 is 5.32 Å². The van der Waals surface area contributed by atoms with E-state index in [0.29, 0.717) is 19.5 Å². The van der Waals surface area contributed by atoms with Crippen LogP contribution in [0.3, 0.4) is 0 Å². The highest BCUT2D eigenvalue weighted by Gasteiger charge is 2.33. The largest absolute Gasteiger partial charge is 0.389 e. The van der Waals surface area contributed by atoms with Crippen LogP contribution in [0.5, 0.6) is 0 Å². The lowest BCUT2D eigenvalue weighted by Gasteiger charge is -2.21. The molecule has 0 unspecified atom stereocenters. The number of carbonyl (C=O) groups is 2. The summed E-state index contributed by atoms with van der Waals surface area (Å²) in [6.45, 7) is 1.93. The second-order valence-electron chi connectivity index (χ2n) is 7.12. The Kier molecular flexibility index (Phi) is 5.19. The molecule has 24 heavy (non-hydrogen) atoms. The predicted octanol–water partition coefficient (Wildman–Crippen LogP) is 2.12. The molecule has 2 aliphatic rings. The summed E-state index contributed by atoms with van der Waals surface area (Å²) in [6.07, 6.45) is 5.23. The molecule has 0 atom stereocenters. The van der Waals surface area contributed by atoms with Crippen molar-refractivity contribution < 1.29 is 14.7 Å².